The number of para-hydroxylation sites is 1. The van der Waals surface area contributed by atoms with E-state index < -0.39 is 16.1 Å². The average Bonchev–Trinajstić information content (AvgIpc) is 2.64. The van der Waals surface area contributed by atoms with E-state index in [0.717, 1.165) is 23.9 Å². The van der Waals surface area contributed by atoms with Crippen LogP contribution in [0.2, 0.25) is 0 Å². The predicted octanol–water partition coefficient (Wildman–Crippen LogP) is 2.89. The molecule has 2 aliphatic rings. The fraction of sp³-hybridized carbons (Fsp3) is 0.316. The molecule has 1 N–H and O–H groups in total. The fourth-order valence-electron chi connectivity index (χ4n) is 3.70. The normalized spacial score (nSPS) is 20.5. The van der Waals surface area contributed by atoms with Gasteiger partial charge >= 0.3 is 6.03 Å². The third-order valence-corrected chi connectivity index (χ3v) is 6.90. The number of anilines is 1. The van der Waals surface area contributed by atoms with Gasteiger partial charge in [0.2, 0.25) is 0 Å². The van der Waals surface area contributed by atoms with Crippen molar-refractivity contribution < 1.29 is 13.2 Å². The Morgan fingerprint density at radius 2 is 1.62 bits per heavy atom. The van der Waals surface area contributed by atoms with Gasteiger partial charge < -0.3 is 5.32 Å². The molecule has 7 heteroatoms. The summed E-state index contributed by atoms with van der Waals surface area (Å²) in [7, 11) is -3.81. The highest BCUT2D eigenvalue weighted by atomic mass is 32.2. The lowest BCUT2D eigenvalue weighted by Gasteiger charge is -2.39. The minimum atomic E-state index is -3.81. The van der Waals surface area contributed by atoms with Crippen LogP contribution in [0.3, 0.4) is 0 Å². The van der Waals surface area contributed by atoms with Crippen LogP contribution < -0.4 is 5.32 Å². The number of hydrogen-bond acceptors (Lipinski definition) is 4. The van der Waals surface area contributed by atoms with E-state index in [1.54, 1.807) is 24.3 Å². The molecule has 26 heavy (non-hydrogen) atoms. The lowest BCUT2D eigenvalue weighted by atomic mass is 10.0. The van der Waals surface area contributed by atoms with Crippen LogP contribution in [0.4, 0.5) is 10.5 Å². The Morgan fingerprint density at radius 3 is 2.35 bits per heavy atom. The van der Waals surface area contributed by atoms with Crippen LogP contribution in [-0.4, -0.2) is 42.8 Å². The van der Waals surface area contributed by atoms with E-state index in [1.807, 2.05) is 18.2 Å². The van der Waals surface area contributed by atoms with Crippen molar-refractivity contribution in [1.82, 2.24) is 9.21 Å². The van der Waals surface area contributed by atoms with E-state index in [2.05, 4.69) is 22.3 Å². The summed E-state index contributed by atoms with van der Waals surface area (Å²) in [6.45, 7) is 2.37. The van der Waals surface area contributed by atoms with Crippen LogP contribution in [0.25, 0.3) is 0 Å². The summed E-state index contributed by atoms with van der Waals surface area (Å²) in [5.41, 5.74) is 1.60. The zero-order valence-electron chi connectivity index (χ0n) is 14.3. The highest BCUT2D eigenvalue weighted by Crippen LogP contribution is 2.33. The van der Waals surface area contributed by atoms with Gasteiger partial charge in [-0.1, -0.05) is 42.5 Å². The first-order valence-electron chi connectivity index (χ1n) is 8.76. The van der Waals surface area contributed by atoms with Gasteiger partial charge in [0.25, 0.3) is 10.0 Å². The van der Waals surface area contributed by atoms with Crippen molar-refractivity contribution in [3.8, 4) is 0 Å². The van der Waals surface area contributed by atoms with Gasteiger partial charge in [-0.05, 0) is 30.5 Å². The summed E-state index contributed by atoms with van der Waals surface area (Å²) < 4.78 is 26.9. The molecule has 0 spiro atoms. The van der Waals surface area contributed by atoms with Crippen molar-refractivity contribution in [1.29, 1.82) is 0 Å². The van der Waals surface area contributed by atoms with Crippen LogP contribution >= 0.6 is 0 Å². The van der Waals surface area contributed by atoms with E-state index in [9.17, 15) is 13.2 Å². The number of urea groups is 1. The number of nitrogens with one attached hydrogen (secondary N) is 1. The molecule has 136 valence electrons. The van der Waals surface area contributed by atoms with Gasteiger partial charge in [-0.25, -0.2) is 17.5 Å². The zero-order valence-corrected chi connectivity index (χ0v) is 15.2. The van der Waals surface area contributed by atoms with Gasteiger partial charge in [0, 0.05) is 19.6 Å². The molecule has 2 heterocycles. The number of hydrogen-bond donors (Lipinski definition) is 1. The minimum absolute atomic E-state index is 0.173. The first-order valence-corrected chi connectivity index (χ1v) is 10.2. The van der Waals surface area contributed by atoms with Gasteiger partial charge in [-0.15, -0.1) is 0 Å². The molecule has 0 unspecified atom stereocenters. The van der Waals surface area contributed by atoms with E-state index in [4.69, 9.17) is 0 Å². The Morgan fingerprint density at radius 1 is 0.962 bits per heavy atom. The Labute approximate surface area is 153 Å². The average molecular weight is 371 g/mol. The monoisotopic (exact) mass is 371 g/mol. The smallest absolute Gasteiger partial charge is 0.306 e. The fourth-order valence-corrected chi connectivity index (χ4v) is 5.42. The summed E-state index contributed by atoms with van der Waals surface area (Å²) in [6.07, 6.45) is 1.28. The van der Waals surface area contributed by atoms with Crippen LogP contribution in [0, 0.1) is 0 Å². The highest BCUT2D eigenvalue weighted by molar-refractivity contribution is 7.90. The molecule has 0 atom stereocenters. The second kappa shape index (κ2) is 6.74. The number of nitrogens with zero attached hydrogens (tertiary/aromatic N) is 2. The number of carbonyl (C=O) groups excluding carboxylic acids is 1. The van der Waals surface area contributed by atoms with Crippen molar-refractivity contribution in [3.63, 3.8) is 0 Å². The van der Waals surface area contributed by atoms with E-state index in [-0.39, 0.29) is 10.9 Å². The molecule has 2 aliphatic heterocycles. The molecule has 0 aliphatic carbocycles. The lowest BCUT2D eigenvalue weighted by molar-refractivity contribution is 0.158. The lowest BCUT2D eigenvalue weighted by Crippen LogP contribution is -2.53. The second-order valence-electron chi connectivity index (χ2n) is 6.72. The molecular formula is C19H21N3O3S. The van der Waals surface area contributed by atoms with E-state index in [0.29, 0.717) is 18.5 Å². The number of amides is 2. The van der Waals surface area contributed by atoms with E-state index in [1.165, 1.54) is 5.56 Å². The Hall–Kier alpha value is -2.38. The molecule has 2 amide bonds. The topological polar surface area (TPSA) is 69.7 Å². The van der Waals surface area contributed by atoms with Gasteiger partial charge in [-0.2, -0.15) is 0 Å². The maximum absolute atomic E-state index is 12.9. The third-order valence-electron chi connectivity index (χ3n) is 5.00. The molecule has 6 nitrogen and oxygen atoms in total. The molecule has 0 radical (unpaired) electrons. The summed E-state index contributed by atoms with van der Waals surface area (Å²) in [6, 6.07) is 15.9. The van der Waals surface area contributed by atoms with Crippen molar-refractivity contribution >= 4 is 21.7 Å². The Balaban J connectivity index is 1.48. The number of sulfonamides is 1. The SMILES string of the molecule is O=C1Nc2ccccc2S(=O)(=O)N1C1CCN(Cc2ccccc2)CC1. The summed E-state index contributed by atoms with van der Waals surface area (Å²) in [4.78, 5) is 14.9. The Kier molecular flexibility index (Phi) is 4.42. The summed E-state index contributed by atoms with van der Waals surface area (Å²) in [5.74, 6) is 0. The largest absolute Gasteiger partial charge is 0.336 e. The molecule has 4 rings (SSSR count). The quantitative estimate of drug-likeness (QED) is 0.901. The van der Waals surface area contributed by atoms with Crippen molar-refractivity contribution in [2.24, 2.45) is 0 Å². The first-order chi connectivity index (χ1) is 12.6. The third kappa shape index (κ3) is 3.08. The van der Waals surface area contributed by atoms with Crippen molar-refractivity contribution in [2.45, 2.75) is 30.3 Å². The molecule has 2 aromatic carbocycles. The maximum Gasteiger partial charge on any atom is 0.336 e. The van der Waals surface area contributed by atoms with Crippen molar-refractivity contribution in [3.05, 3.63) is 60.2 Å². The number of rotatable bonds is 3. The Bertz CT molecular complexity index is 907. The molecule has 2 aromatic rings. The number of piperidine rings is 1. The second-order valence-corrected chi connectivity index (χ2v) is 8.50. The predicted molar refractivity (Wildman–Crippen MR) is 99.2 cm³/mol. The summed E-state index contributed by atoms with van der Waals surface area (Å²) >= 11 is 0. The van der Waals surface area contributed by atoms with Gasteiger partial charge in [0.05, 0.1) is 11.7 Å². The van der Waals surface area contributed by atoms with Crippen LogP contribution in [-0.2, 0) is 16.6 Å². The maximum atomic E-state index is 12.9. The first kappa shape index (κ1) is 17.1. The van der Waals surface area contributed by atoms with Crippen LogP contribution in [0.5, 0.6) is 0 Å². The van der Waals surface area contributed by atoms with Gasteiger partial charge in [0.1, 0.15) is 4.90 Å². The number of benzene rings is 2. The summed E-state index contributed by atoms with van der Waals surface area (Å²) in [5, 5.41) is 2.71. The molecule has 0 saturated carbocycles. The molecule has 1 saturated heterocycles. The molecular weight excluding hydrogens is 350 g/mol. The van der Waals surface area contributed by atoms with Crippen LogP contribution in [0.1, 0.15) is 18.4 Å². The minimum Gasteiger partial charge on any atom is -0.306 e. The highest BCUT2D eigenvalue weighted by Gasteiger charge is 2.41. The van der Waals surface area contributed by atoms with E-state index >= 15 is 0 Å². The molecule has 0 bridgehead atoms. The van der Waals surface area contributed by atoms with Crippen LogP contribution in [0.15, 0.2) is 59.5 Å². The van der Waals surface area contributed by atoms with Gasteiger partial charge in [0.15, 0.2) is 0 Å². The number of fused-ring (bicyclic) bond motifs is 1. The standard InChI is InChI=1S/C19H21N3O3S/c23-19-20-17-8-4-5-9-18(17)26(24,25)22(19)16-10-12-21(13-11-16)14-15-6-2-1-3-7-15/h1-9,16H,10-14H2,(H,20,23). The zero-order chi connectivity index (χ0) is 18.1. The molecule has 0 aromatic heterocycles. The van der Waals surface area contributed by atoms with Gasteiger partial charge in [-0.3, -0.25) is 4.90 Å². The number of carbonyl (C=O) groups is 1. The number of likely N-dealkylation sites (tertiary alicyclic amines) is 1. The molecule has 1 fully saturated rings. The van der Waals surface area contributed by atoms with Crippen molar-refractivity contribution in [2.75, 3.05) is 18.4 Å².